The maximum absolute atomic E-state index is 9.51. The molecule has 1 heterocycles. The summed E-state index contributed by atoms with van der Waals surface area (Å²) in [7, 11) is 0. The lowest BCUT2D eigenvalue weighted by Crippen LogP contribution is -2.10. The monoisotopic (exact) mass is 241 g/mol. The second kappa shape index (κ2) is 5.57. The molecule has 0 aliphatic heterocycles. The lowest BCUT2D eigenvalue weighted by molar-refractivity contribution is -0.115. The zero-order chi connectivity index (χ0) is 11.3. The molecule has 0 bridgehead atoms. The zero-order valence-corrected chi connectivity index (χ0v) is 9.59. The van der Waals surface area contributed by atoms with Crippen molar-refractivity contribution in [1.29, 1.82) is 0 Å². The molecule has 0 saturated carbocycles. The van der Waals surface area contributed by atoms with Crippen LogP contribution in [0.15, 0.2) is 23.7 Å². The summed E-state index contributed by atoms with van der Waals surface area (Å²) in [5.74, 6) is -0.242. The van der Waals surface area contributed by atoms with Gasteiger partial charge in [-0.15, -0.1) is 11.3 Å². The fraction of sp³-hybridized carbons (Fsp3) is 0.111. The Hall–Kier alpha value is -1.27. The SMILES string of the molecule is NC(=O)CS.Nc1ccc2ncsc2c1. The number of nitrogens with zero attached hydrogens (tertiary/aromatic N) is 1. The predicted octanol–water partition coefficient (Wildman–Crippen LogP) is 1.28. The van der Waals surface area contributed by atoms with E-state index in [1.807, 2.05) is 23.7 Å². The molecule has 4 N–H and O–H groups in total. The highest BCUT2D eigenvalue weighted by atomic mass is 32.1. The number of amides is 1. The number of nitrogens with two attached hydrogens (primary N) is 2. The predicted molar refractivity (Wildman–Crippen MR) is 67.1 cm³/mol. The van der Waals surface area contributed by atoms with Gasteiger partial charge in [0.15, 0.2) is 0 Å². The smallest absolute Gasteiger partial charge is 0.227 e. The van der Waals surface area contributed by atoms with Gasteiger partial charge in [-0.1, -0.05) is 0 Å². The maximum atomic E-state index is 9.51. The molecule has 1 aromatic heterocycles. The summed E-state index contributed by atoms with van der Waals surface area (Å²) in [6, 6.07) is 5.73. The van der Waals surface area contributed by atoms with Crippen LogP contribution in [0.1, 0.15) is 0 Å². The minimum Gasteiger partial charge on any atom is -0.399 e. The van der Waals surface area contributed by atoms with E-state index in [4.69, 9.17) is 5.73 Å². The number of thiol groups is 1. The maximum Gasteiger partial charge on any atom is 0.227 e. The summed E-state index contributed by atoms with van der Waals surface area (Å²) in [4.78, 5) is 13.6. The van der Waals surface area contributed by atoms with Crippen molar-refractivity contribution in [3.63, 3.8) is 0 Å². The number of carbonyl (C=O) groups is 1. The van der Waals surface area contributed by atoms with Gasteiger partial charge in [0.05, 0.1) is 21.5 Å². The van der Waals surface area contributed by atoms with E-state index in [1.165, 1.54) is 0 Å². The van der Waals surface area contributed by atoms with Crippen LogP contribution in [0.25, 0.3) is 10.2 Å². The molecule has 0 atom stereocenters. The Morgan fingerprint density at radius 1 is 1.53 bits per heavy atom. The number of aromatic nitrogens is 1. The Kier molecular flexibility index (Phi) is 4.38. The summed E-state index contributed by atoms with van der Waals surface area (Å²) >= 11 is 5.15. The molecule has 4 nitrogen and oxygen atoms in total. The molecule has 0 radical (unpaired) electrons. The molecule has 1 aromatic carbocycles. The molecule has 80 valence electrons. The van der Waals surface area contributed by atoms with Crippen molar-refractivity contribution >= 4 is 45.8 Å². The Balaban J connectivity index is 0.000000195. The van der Waals surface area contributed by atoms with Crippen molar-refractivity contribution in [3.05, 3.63) is 23.7 Å². The van der Waals surface area contributed by atoms with Crippen molar-refractivity contribution < 1.29 is 4.79 Å². The van der Waals surface area contributed by atoms with Gasteiger partial charge in [-0.3, -0.25) is 4.79 Å². The summed E-state index contributed by atoms with van der Waals surface area (Å²) < 4.78 is 1.15. The molecule has 15 heavy (non-hydrogen) atoms. The van der Waals surface area contributed by atoms with Crippen molar-refractivity contribution in [2.24, 2.45) is 5.73 Å². The average molecular weight is 241 g/mol. The van der Waals surface area contributed by atoms with Crippen LogP contribution in [0.3, 0.4) is 0 Å². The molecule has 2 aromatic rings. The van der Waals surface area contributed by atoms with Crippen LogP contribution in [0.2, 0.25) is 0 Å². The Morgan fingerprint density at radius 2 is 2.20 bits per heavy atom. The number of anilines is 1. The highest BCUT2D eigenvalue weighted by molar-refractivity contribution is 7.81. The Bertz CT molecular complexity index is 455. The second-order valence-corrected chi connectivity index (χ2v) is 3.91. The van der Waals surface area contributed by atoms with E-state index >= 15 is 0 Å². The normalized spacial score (nSPS) is 9.40. The number of rotatable bonds is 1. The molecule has 2 rings (SSSR count). The summed E-state index contributed by atoms with van der Waals surface area (Å²) in [5.41, 5.74) is 13.8. The van der Waals surface area contributed by atoms with E-state index in [0.29, 0.717) is 0 Å². The summed E-state index contributed by atoms with van der Waals surface area (Å²) in [6.07, 6.45) is 0. The van der Waals surface area contributed by atoms with E-state index in [0.717, 1.165) is 15.9 Å². The molecular weight excluding hydrogens is 230 g/mol. The standard InChI is InChI=1S/C7H6N2S.C2H5NOS/c8-5-1-2-6-7(3-5)10-4-9-6;3-2(4)1-5/h1-4H,8H2;5H,1H2,(H2,3,4). The van der Waals surface area contributed by atoms with Gasteiger partial charge in [0, 0.05) is 5.69 Å². The van der Waals surface area contributed by atoms with E-state index in [-0.39, 0.29) is 11.7 Å². The van der Waals surface area contributed by atoms with Crippen LogP contribution in [0.4, 0.5) is 5.69 Å². The number of fused-ring (bicyclic) bond motifs is 1. The summed E-state index contributed by atoms with van der Waals surface area (Å²) in [6.45, 7) is 0. The molecule has 1 amide bonds. The third-order valence-corrected chi connectivity index (χ3v) is 2.61. The zero-order valence-electron chi connectivity index (χ0n) is 7.88. The van der Waals surface area contributed by atoms with Gasteiger partial charge in [0.1, 0.15) is 0 Å². The van der Waals surface area contributed by atoms with Crippen LogP contribution >= 0.6 is 24.0 Å². The van der Waals surface area contributed by atoms with E-state index in [1.54, 1.807) is 11.3 Å². The topological polar surface area (TPSA) is 82.0 Å². The highest BCUT2D eigenvalue weighted by Gasteiger charge is 1.93. The molecular formula is C9H11N3OS2. The first-order chi connectivity index (χ1) is 7.13. The fourth-order valence-electron chi connectivity index (χ4n) is 0.872. The largest absolute Gasteiger partial charge is 0.399 e. The Labute approximate surface area is 96.7 Å². The number of thiazole rings is 1. The molecule has 0 spiro atoms. The minimum absolute atomic E-state index is 0.139. The molecule has 0 fully saturated rings. The van der Waals surface area contributed by atoms with Crippen LogP contribution in [0.5, 0.6) is 0 Å². The summed E-state index contributed by atoms with van der Waals surface area (Å²) in [5, 5.41) is 0. The third kappa shape index (κ3) is 3.77. The van der Waals surface area contributed by atoms with Crippen molar-refractivity contribution in [2.45, 2.75) is 0 Å². The van der Waals surface area contributed by atoms with Crippen LogP contribution in [-0.4, -0.2) is 16.6 Å². The third-order valence-electron chi connectivity index (χ3n) is 1.51. The first kappa shape index (κ1) is 11.8. The number of benzene rings is 1. The number of carbonyl (C=O) groups excluding carboxylic acids is 1. The van der Waals surface area contributed by atoms with Crippen LogP contribution in [0, 0.1) is 0 Å². The van der Waals surface area contributed by atoms with Crippen molar-refractivity contribution in [1.82, 2.24) is 4.98 Å². The fourth-order valence-corrected chi connectivity index (χ4v) is 1.60. The average Bonchev–Trinajstić information content (AvgIpc) is 2.65. The van der Waals surface area contributed by atoms with Gasteiger partial charge in [0.2, 0.25) is 5.91 Å². The van der Waals surface area contributed by atoms with Crippen molar-refractivity contribution in [2.75, 3.05) is 11.5 Å². The van der Waals surface area contributed by atoms with Gasteiger partial charge in [0.25, 0.3) is 0 Å². The van der Waals surface area contributed by atoms with Gasteiger partial charge < -0.3 is 11.5 Å². The van der Waals surface area contributed by atoms with E-state index in [2.05, 4.69) is 23.3 Å². The lowest BCUT2D eigenvalue weighted by Gasteiger charge is -1.89. The minimum atomic E-state index is -0.381. The van der Waals surface area contributed by atoms with Gasteiger partial charge in [-0.2, -0.15) is 12.6 Å². The number of hydrogen-bond donors (Lipinski definition) is 3. The first-order valence-corrected chi connectivity index (χ1v) is 5.62. The van der Waals surface area contributed by atoms with Crippen LogP contribution in [-0.2, 0) is 4.79 Å². The number of hydrogen-bond acceptors (Lipinski definition) is 5. The van der Waals surface area contributed by atoms with Crippen LogP contribution < -0.4 is 11.5 Å². The quantitative estimate of drug-likeness (QED) is 0.519. The van der Waals surface area contributed by atoms with Crippen molar-refractivity contribution in [3.8, 4) is 0 Å². The first-order valence-electron chi connectivity index (χ1n) is 4.11. The van der Waals surface area contributed by atoms with E-state index < -0.39 is 0 Å². The van der Waals surface area contributed by atoms with Gasteiger partial charge >= 0.3 is 0 Å². The second-order valence-electron chi connectivity index (χ2n) is 2.70. The van der Waals surface area contributed by atoms with Gasteiger partial charge in [-0.25, -0.2) is 4.98 Å². The lowest BCUT2D eigenvalue weighted by atomic mass is 10.3. The number of nitrogen functional groups attached to an aromatic ring is 1. The Morgan fingerprint density at radius 3 is 2.80 bits per heavy atom. The van der Waals surface area contributed by atoms with Gasteiger partial charge in [-0.05, 0) is 18.2 Å². The number of primary amides is 1. The molecule has 0 unspecified atom stereocenters. The highest BCUT2D eigenvalue weighted by Crippen LogP contribution is 2.19. The van der Waals surface area contributed by atoms with E-state index in [9.17, 15) is 4.79 Å². The molecule has 0 aliphatic carbocycles. The molecule has 6 heteroatoms. The molecule has 0 saturated heterocycles. The molecule has 0 aliphatic rings.